The minimum Gasteiger partial charge on any atom is -0.388 e. The molecule has 0 amide bonds. The molecule has 0 saturated heterocycles. The molecule has 0 fully saturated rings. The molecule has 16 heavy (non-hydrogen) atoms. The lowest BCUT2D eigenvalue weighted by Crippen LogP contribution is -2.35. The van der Waals surface area contributed by atoms with Crippen LogP contribution in [-0.4, -0.2) is 20.1 Å². The van der Waals surface area contributed by atoms with Gasteiger partial charge in [-0.05, 0) is 19.2 Å². The second kappa shape index (κ2) is 9.96. The van der Waals surface area contributed by atoms with E-state index in [0.29, 0.717) is 0 Å². The highest BCUT2D eigenvalue weighted by atomic mass is 15.3. The minimum atomic E-state index is 0.167. The first kappa shape index (κ1) is 14.4. The van der Waals surface area contributed by atoms with E-state index >= 15 is 0 Å². The molecule has 1 aromatic rings. The Labute approximate surface area is 98.2 Å². The van der Waals surface area contributed by atoms with E-state index in [9.17, 15) is 0 Å². The van der Waals surface area contributed by atoms with E-state index in [4.69, 9.17) is 0 Å². The lowest BCUT2D eigenvalue weighted by Gasteiger charge is -2.06. The monoisotopic (exact) mass is 219 g/mol. The van der Waals surface area contributed by atoms with Gasteiger partial charge in [0, 0.05) is 12.7 Å². The van der Waals surface area contributed by atoms with Crippen LogP contribution >= 0.6 is 0 Å². The number of anilines is 1. The van der Waals surface area contributed by atoms with Crippen molar-refractivity contribution in [2.24, 2.45) is 0 Å². The molecular formula is C13H21N3. The van der Waals surface area contributed by atoms with Crippen LogP contribution in [0.4, 0.5) is 5.69 Å². The Kier molecular flexibility index (Phi) is 8.97. The molecule has 3 N–H and O–H groups in total. The Morgan fingerprint density at radius 1 is 1.06 bits per heavy atom. The van der Waals surface area contributed by atoms with Crippen LogP contribution in [0.15, 0.2) is 55.6 Å². The average Bonchev–Trinajstić information content (AvgIpc) is 2.37. The van der Waals surface area contributed by atoms with E-state index in [2.05, 4.69) is 29.3 Å². The number of nitrogens with one attached hydrogen (secondary N) is 3. The number of para-hydroxylation sites is 1. The predicted molar refractivity (Wildman–Crippen MR) is 72.4 cm³/mol. The maximum Gasteiger partial charge on any atom is 0.0568 e. The summed E-state index contributed by atoms with van der Waals surface area (Å²) in [6.45, 7) is 7.15. The van der Waals surface area contributed by atoms with Crippen LogP contribution in [0.1, 0.15) is 0 Å². The standard InChI is InChI=1S/C7H9N.C6H12N2/c1-8-7-5-3-2-4-6-7;1-4-6(5-2)8-7-3/h2-6,8H,1H3;4-8H,1-2H2,3H3. The molecule has 0 radical (unpaired) electrons. The van der Waals surface area contributed by atoms with Crippen molar-refractivity contribution in [1.29, 1.82) is 0 Å². The van der Waals surface area contributed by atoms with Crippen LogP contribution in [0.3, 0.4) is 0 Å². The first-order chi connectivity index (χ1) is 7.78. The predicted octanol–water partition coefficient (Wildman–Crippen LogP) is 2.18. The Hall–Kier alpha value is -1.58. The van der Waals surface area contributed by atoms with Crippen molar-refractivity contribution in [2.75, 3.05) is 19.4 Å². The fourth-order valence-corrected chi connectivity index (χ4v) is 0.986. The fraction of sp³-hybridized carbons (Fsp3) is 0.231. The molecular weight excluding hydrogens is 198 g/mol. The van der Waals surface area contributed by atoms with Crippen LogP contribution < -0.4 is 16.2 Å². The summed E-state index contributed by atoms with van der Waals surface area (Å²) < 4.78 is 0. The Bertz CT molecular complexity index is 274. The first-order valence-electron chi connectivity index (χ1n) is 5.18. The van der Waals surface area contributed by atoms with Crippen LogP contribution in [0, 0.1) is 0 Å². The molecule has 3 heteroatoms. The SMILES string of the molecule is C=CC(C=C)NNC.CNc1ccccc1. The molecule has 0 saturated carbocycles. The molecule has 0 aromatic heterocycles. The third-order valence-electron chi connectivity index (χ3n) is 1.88. The number of hydrazine groups is 1. The number of rotatable bonds is 5. The summed E-state index contributed by atoms with van der Waals surface area (Å²) in [5, 5.41) is 3.03. The fourth-order valence-electron chi connectivity index (χ4n) is 0.986. The zero-order chi connectivity index (χ0) is 12.2. The van der Waals surface area contributed by atoms with Crippen LogP contribution in [-0.2, 0) is 0 Å². The van der Waals surface area contributed by atoms with Gasteiger partial charge in [-0.15, -0.1) is 13.2 Å². The summed E-state index contributed by atoms with van der Waals surface area (Å²) in [5.41, 5.74) is 6.83. The van der Waals surface area contributed by atoms with Gasteiger partial charge in [-0.2, -0.15) is 0 Å². The Morgan fingerprint density at radius 3 is 1.88 bits per heavy atom. The van der Waals surface area contributed by atoms with E-state index in [0.717, 1.165) is 5.69 Å². The summed E-state index contributed by atoms with van der Waals surface area (Å²) in [6.07, 6.45) is 3.53. The van der Waals surface area contributed by atoms with E-state index in [1.54, 1.807) is 19.2 Å². The van der Waals surface area contributed by atoms with Crippen molar-refractivity contribution in [3.8, 4) is 0 Å². The Morgan fingerprint density at radius 2 is 1.62 bits per heavy atom. The van der Waals surface area contributed by atoms with E-state index in [-0.39, 0.29) is 6.04 Å². The quantitative estimate of drug-likeness (QED) is 0.525. The summed E-state index contributed by atoms with van der Waals surface area (Å²) >= 11 is 0. The number of hydrogen-bond donors (Lipinski definition) is 3. The van der Waals surface area contributed by atoms with Gasteiger partial charge >= 0.3 is 0 Å². The summed E-state index contributed by atoms with van der Waals surface area (Å²) in [7, 11) is 3.72. The highest BCUT2D eigenvalue weighted by molar-refractivity contribution is 5.41. The van der Waals surface area contributed by atoms with E-state index in [1.165, 1.54) is 0 Å². The lowest BCUT2D eigenvalue weighted by atomic mass is 10.3. The van der Waals surface area contributed by atoms with Crippen LogP contribution in [0.5, 0.6) is 0 Å². The second-order valence-electron chi connectivity index (χ2n) is 3.01. The minimum absolute atomic E-state index is 0.167. The van der Waals surface area contributed by atoms with Gasteiger partial charge in [-0.25, -0.2) is 5.43 Å². The van der Waals surface area contributed by atoms with Gasteiger partial charge in [-0.1, -0.05) is 30.4 Å². The third-order valence-corrected chi connectivity index (χ3v) is 1.88. The molecule has 0 atom stereocenters. The second-order valence-corrected chi connectivity index (χ2v) is 3.01. The van der Waals surface area contributed by atoms with Gasteiger partial charge in [0.1, 0.15) is 0 Å². The van der Waals surface area contributed by atoms with Gasteiger partial charge in [0.2, 0.25) is 0 Å². The third kappa shape index (κ3) is 6.81. The van der Waals surface area contributed by atoms with Gasteiger partial charge in [0.05, 0.1) is 6.04 Å². The van der Waals surface area contributed by atoms with Crippen molar-refractivity contribution >= 4 is 5.69 Å². The van der Waals surface area contributed by atoms with Gasteiger partial charge in [0.15, 0.2) is 0 Å². The molecule has 0 aliphatic rings. The van der Waals surface area contributed by atoms with Gasteiger partial charge in [-0.3, -0.25) is 5.43 Å². The van der Waals surface area contributed by atoms with Crippen molar-refractivity contribution in [3.05, 3.63) is 55.6 Å². The Balaban J connectivity index is 0.000000281. The maximum absolute atomic E-state index is 3.58. The average molecular weight is 219 g/mol. The molecule has 0 unspecified atom stereocenters. The van der Waals surface area contributed by atoms with E-state index < -0.39 is 0 Å². The van der Waals surface area contributed by atoms with Crippen molar-refractivity contribution in [3.63, 3.8) is 0 Å². The molecule has 0 aliphatic carbocycles. The highest BCUT2D eigenvalue weighted by Gasteiger charge is 1.89. The molecule has 1 aromatic carbocycles. The molecule has 3 nitrogen and oxygen atoms in total. The normalized spacial score (nSPS) is 8.94. The molecule has 0 aliphatic heterocycles. The summed E-state index contributed by atoms with van der Waals surface area (Å²) in [5.74, 6) is 0. The highest BCUT2D eigenvalue weighted by Crippen LogP contribution is 2.01. The topological polar surface area (TPSA) is 36.1 Å². The van der Waals surface area contributed by atoms with Crippen LogP contribution in [0.2, 0.25) is 0 Å². The molecule has 0 heterocycles. The van der Waals surface area contributed by atoms with Gasteiger partial charge in [0.25, 0.3) is 0 Å². The van der Waals surface area contributed by atoms with Gasteiger partial charge < -0.3 is 5.32 Å². The van der Waals surface area contributed by atoms with Crippen molar-refractivity contribution < 1.29 is 0 Å². The number of hydrogen-bond acceptors (Lipinski definition) is 3. The lowest BCUT2D eigenvalue weighted by molar-refractivity contribution is 0.585. The molecule has 0 bridgehead atoms. The summed E-state index contributed by atoms with van der Waals surface area (Å²) in [6, 6.07) is 10.2. The summed E-state index contributed by atoms with van der Waals surface area (Å²) in [4.78, 5) is 0. The van der Waals surface area contributed by atoms with E-state index in [1.807, 2.05) is 37.4 Å². The largest absolute Gasteiger partial charge is 0.388 e. The van der Waals surface area contributed by atoms with Crippen LogP contribution in [0.25, 0.3) is 0 Å². The molecule has 88 valence electrons. The smallest absolute Gasteiger partial charge is 0.0568 e. The first-order valence-corrected chi connectivity index (χ1v) is 5.18. The molecule has 0 spiro atoms. The zero-order valence-corrected chi connectivity index (χ0v) is 10.0. The maximum atomic E-state index is 3.58. The zero-order valence-electron chi connectivity index (χ0n) is 10.0. The molecule has 1 rings (SSSR count). The number of benzene rings is 1. The van der Waals surface area contributed by atoms with Crippen molar-refractivity contribution in [2.45, 2.75) is 6.04 Å². The van der Waals surface area contributed by atoms with Crippen molar-refractivity contribution in [1.82, 2.24) is 10.9 Å².